The molecule has 1 aromatic rings. The molecule has 6 nitrogen and oxygen atoms in total. The van der Waals surface area contributed by atoms with Crippen molar-refractivity contribution in [2.24, 2.45) is 0 Å². The second-order valence-corrected chi connectivity index (χ2v) is 7.62. The maximum Gasteiger partial charge on any atom is 0.261 e. The zero-order valence-corrected chi connectivity index (χ0v) is 14.1. The van der Waals surface area contributed by atoms with E-state index in [0.29, 0.717) is 25.6 Å². The molecule has 1 unspecified atom stereocenters. The van der Waals surface area contributed by atoms with Gasteiger partial charge in [0.15, 0.2) is 0 Å². The van der Waals surface area contributed by atoms with E-state index < -0.39 is 15.8 Å². The van der Waals surface area contributed by atoms with Crippen molar-refractivity contribution in [2.75, 3.05) is 31.2 Å². The Morgan fingerprint density at radius 1 is 1.39 bits per heavy atom. The number of rotatable bonds is 3. The first-order valence-corrected chi connectivity index (χ1v) is 9.65. The van der Waals surface area contributed by atoms with E-state index in [0.717, 1.165) is 37.4 Å². The van der Waals surface area contributed by atoms with Crippen molar-refractivity contribution in [1.29, 1.82) is 0 Å². The highest BCUT2D eigenvalue weighted by atomic mass is 32.2. The molecule has 130 valence electrons. The van der Waals surface area contributed by atoms with E-state index in [4.69, 9.17) is 4.55 Å². The van der Waals surface area contributed by atoms with E-state index in [2.05, 4.69) is 27.8 Å². The summed E-state index contributed by atoms with van der Waals surface area (Å²) in [4.78, 5) is 4.61. The molecule has 0 spiro atoms. The third-order valence-electron chi connectivity index (χ3n) is 3.97. The third kappa shape index (κ3) is 6.40. The average molecular weight is 345 g/mol. The summed E-state index contributed by atoms with van der Waals surface area (Å²) in [5.41, 5.74) is 1.28. The maximum atomic E-state index is 14.2. The molecule has 0 radical (unpaired) electrons. The zero-order valence-electron chi connectivity index (χ0n) is 13.3. The van der Waals surface area contributed by atoms with Gasteiger partial charge in [-0.2, -0.15) is 8.42 Å². The molecule has 3 N–H and O–H groups in total. The van der Waals surface area contributed by atoms with Gasteiger partial charge in [0, 0.05) is 18.8 Å². The second kappa shape index (κ2) is 7.55. The molecule has 3 heterocycles. The van der Waals surface area contributed by atoms with Crippen molar-refractivity contribution in [3.63, 3.8) is 0 Å². The van der Waals surface area contributed by atoms with E-state index in [1.54, 1.807) is 0 Å². The lowest BCUT2D eigenvalue weighted by atomic mass is 9.97. The first-order valence-electron chi connectivity index (χ1n) is 7.80. The predicted molar refractivity (Wildman–Crippen MR) is 88.2 cm³/mol. The quantitative estimate of drug-likeness (QED) is 0.721. The largest absolute Gasteiger partial charge is 0.370 e. The van der Waals surface area contributed by atoms with Crippen LogP contribution in [0, 0.1) is 0 Å². The van der Waals surface area contributed by atoms with Crippen molar-refractivity contribution in [3.8, 4) is 0 Å². The van der Waals surface area contributed by atoms with Crippen LogP contribution in [0.2, 0.25) is 0 Å². The molecule has 1 saturated heterocycles. The molecular formula is C15H24FN3O3S. The van der Waals surface area contributed by atoms with Crippen molar-refractivity contribution in [1.82, 2.24) is 10.3 Å². The number of hydrogen-bond acceptors (Lipinski definition) is 5. The van der Waals surface area contributed by atoms with Gasteiger partial charge in [0.25, 0.3) is 10.1 Å². The summed E-state index contributed by atoms with van der Waals surface area (Å²) >= 11 is 0. The lowest BCUT2D eigenvalue weighted by Gasteiger charge is -2.20. The highest BCUT2D eigenvalue weighted by Gasteiger charge is 2.33. The molecule has 0 saturated carbocycles. The van der Waals surface area contributed by atoms with E-state index in [1.807, 2.05) is 0 Å². The SMILES string of the molecule is CS(=O)(=O)O.FC1(CCc2ccc3c(n2)NCCC3)CCNC1. The van der Waals surface area contributed by atoms with Crippen LogP contribution in [0.3, 0.4) is 0 Å². The van der Waals surface area contributed by atoms with Gasteiger partial charge in [-0.3, -0.25) is 4.55 Å². The Labute approximate surface area is 136 Å². The fourth-order valence-electron chi connectivity index (χ4n) is 2.79. The first-order chi connectivity index (χ1) is 10.8. The summed E-state index contributed by atoms with van der Waals surface area (Å²) in [5.74, 6) is 1.01. The standard InChI is InChI=1S/C14H20FN3.CH4O3S/c15-14(7-9-16-10-14)6-5-12-4-3-11-2-1-8-17-13(11)18-12;1-5(2,3)4/h3-4,16H,1-2,5-10H2,(H,17,18);1H3,(H,2,3,4). The van der Waals surface area contributed by atoms with E-state index in [9.17, 15) is 12.8 Å². The molecule has 23 heavy (non-hydrogen) atoms. The Morgan fingerprint density at radius 3 is 2.78 bits per heavy atom. The molecule has 1 aromatic heterocycles. The Hall–Kier alpha value is -1.25. The third-order valence-corrected chi connectivity index (χ3v) is 3.97. The molecule has 2 aliphatic rings. The summed E-state index contributed by atoms with van der Waals surface area (Å²) in [6.45, 7) is 2.30. The molecule has 0 amide bonds. The Balaban J connectivity index is 0.000000338. The number of anilines is 1. The minimum atomic E-state index is -3.67. The summed E-state index contributed by atoms with van der Waals surface area (Å²) in [7, 11) is -3.67. The van der Waals surface area contributed by atoms with Gasteiger partial charge in [0.1, 0.15) is 11.5 Å². The molecule has 8 heteroatoms. The summed E-state index contributed by atoms with van der Waals surface area (Å²) < 4.78 is 40.1. The number of halogens is 1. The Bertz CT molecular complexity index is 623. The van der Waals surface area contributed by atoms with Crippen molar-refractivity contribution >= 4 is 15.9 Å². The first kappa shape index (κ1) is 18.1. The zero-order chi connectivity index (χ0) is 16.9. The molecule has 1 fully saturated rings. The number of alkyl halides is 1. The smallest absolute Gasteiger partial charge is 0.261 e. The molecule has 1 atom stereocenters. The normalized spacial score (nSPS) is 23.4. The topological polar surface area (TPSA) is 91.3 Å². The second-order valence-electron chi connectivity index (χ2n) is 6.15. The van der Waals surface area contributed by atoms with Gasteiger partial charge in [-0.25, -0.2) is 9.37 Å². The highest BCUT2D eigenvalue weighted by Crippen LogP contribution is 2.26. The van der Waals surface area contributed by atoms with Gasteiger partial charge in [-0.05, 0) is 50.3 Å². The van der Waals surface area contributed by atoms with Crippen LogP contribution in [-0.2, 0) is 23.0 Å². The summed E-state index contributed by atoms with van der Waals surface area (Å²) in [5, 5.41) is 6.41. The van der Waals surface area contributed by atoms with Gasteiger partial charge >= 0.3 is 0 Å². The Morgan fingerprint density at radius 2 is 2.13 bits per heavy atom. The lowest BCUT2D eigenvalue weighted by molar-refractivity contribution is 0.176. The molecule has 0 aromatic carbocycles. The number of pyridine rings is 1. The molecule has 0 bridgehead atoms. The van der Waals surface area contributed by atoms with Crippen LogP contribution in [0.15, 0.2) is 12.1 Å². The monoisotopic (exact) mass is 345 g/mol. The number of nitrogens with zero attached hydrogens (tertiary/aromatic N) is 1. The van der Waals surface area contributed by atoms with Crippen LogP contribution in [0.5, 0.6) is 0 Å². The van der Waals surface area contributed by atoms with Crippen LogP contribution >= 0.6 is 0 Å². The fourth-order valence-corrected chi connectivity index (χ4v) is 2.79. The Kier molecular flexibility index (Phi) is 5.94. The molecule has 0 aliphatic carbocycles. The number of aryl methyl sites for hydroxylation is 2. The summed E-state index contributed by atoms with van der Waals surface area (Å²) in [6.07, 6.45) is 4.93. The van der Waals surface area contributed by atoms with Crippen molar-refractivity contribution in [3.05, 3.63) is 23.4 Å². The van der Waals surface area contributed by atoms with Crippen LogP contribution in [0.4, 0.5) is 10.2 Å². The van der Waals surface area contributed by atoms with E-state index >= 15 is 0 Å². The van der Waals surface area contributed by atoms with E-state index in [-0.39, 0.29) is 0 Å². The van der Waals surface area contributed by atoms with Gasteiger partial charge in [0.2, 0.25) is 0 Å². The molecule has 3 rings (SSSR count). The number of nitrogens with one attached hydrogen (secondary N) is 2. The lowest BCUT2D eigenvalue weighted by Crippen LogP contribution is -2.26. The highest BCUT2D eigenvalue weighted by molar-refractivity contribution is 7.85. The average Bonchev–Trinajstić information content (AvgIpc) is 2.91. The summed E-state index contributed by atoms with van der Waals surface area (Å²) in [6, 6.07) is 4.19. The fraction of sp³-hybridized carbons (Fsp3) is 0.667. The van der Waals surface area contributed by atoms with Crippen LogP contribution in [0.25, 0.3) is 0 Å². The minimum Gasteiger partial charge on any atom is -0.370 e. The van der Waals surface area contributed by atoms with Gasteiger partial charge < -0.3 is 10.6 Å². The van der Waals surface area contributed by atoms with Crippen LogP contribution < -0.4 is 10.6 Å². The minimum absolute atomic E-state index is 0.496. The maximum absolute atomic E-state index is 14.2. The molecule has 2 aliphatic heterocycles. The van der Waals surface area contributed by atoms with E-state index in [1.165, 1.54) is 12.0 Å². The van der Waals surface area contributed by atoms with Crippen molar-refractivity contribution in [2.45, 2.75) is 37.8 Å². The number of fused-ring (bicyclic) bond motifs is 1. The number of hydrogen-bond donors (Lipinski definition) is 3. The van der Waals surface area contributed by atoms with Crippen LogP contribution in [0.1, 0.15) is 30.5 Å². The number of aromatic nitrogens is 1. The predicted octanol–water partition coefficient (Wildman–Crippen LogP) is 1.58. The van der Waals surface area contributed by atoms with Gasteiger partial charge in [-0.15, -0.1) is 0 Å². The van der Waals surface area contributed by atoms with Crippen LogP contribution in [-0.4, -0.2) is 49.5 Å². The van der Waals surface area contributed by atoms with Gasteiger partial charge in [-0.1, -0.05) is 6.07 Å². The molecular weight excluding hydrogens is 321 g/mol. The van der Waals surface area contributed by atoms with Gasteiger partial charge in [0.05, 0.1) is 6.26 Å². The van der Waals surface area contributed by atoms with Crippen molar-refractivity contribution < 1.29 is 17.4 Å².